The molecule has 5 nitrogen and oxygen atoms in total. The lowest BCUT2D eigenvalue weighted by molar-refractivity contribution is 0.405. The summed E-state index contributed by atoms with van der Waals surface area (Å²) in [7, 11) is -5.40. The molecule has 0 heterocycles. The maximum absolute atomic E-state index is 12.9. The van der Waals surface area contributed by atoms with Gasteiger partial charge >= 0.3 is 7.12 Å². The van der Waals surface area contributed by atoms with Crippen LogP contribution in [-0.4, -0.2) is 36.4 Å². The summed E-state index contributed by atoms with van der Waals surface area (Å²) in [6.45, 7) is 2.59. The van der Waals surface area contributed by atoms with Crippen molar-refractivity contribution in [2.45, 2.75) is 24.8 Å². The number of rotatable bonds is 7. The van der Waals surface area contributed by atoms with E-state index in [0.29, 0.717) is 13.0 Å². The number of benzene rings is 2. The summed E-state index contributed by atoms with van der Waals surface area (Å²) in [5, 5.41) is 18.5. The van der Waals surface area contributed by atoms with Crippen LogP contribution in [0.15, 0.2) is 59.5 Å². The van der Waals surface area contributed by atoms with E-state index in [9.17, 15) is 18.5 Å². The van der Waals surface area contributed by atoms with Gasteiger partial charge in [0.1, 0.15) is 0 Å². The van der Waals surface area contributed by atoms with Crippen LogP contribution in [0.5, 0.6) is 0 Å². The molecule has 0 unspecified atom stereocenters. The molecule has 0 aliphatic rings. The highest BCUT2D eigenvalue weighted by atomic mass is 32.2. The minimum atomic E-state index is -3.71. The largest absolute Gasteiger partial charge is 0.488 e. The quantitative estimate of drug-likeness (QED) is 0.740. The predicted molar refractivity (Wildman–Crippen MR) is 90.6 cm³/mol. The van der Waals surface area contributed by atoms with Crippen molar-refractivity contribution in [2.75, 3.05) is 6.54 Å². The van der Waals surface area contributed by atoms with Crippen molar-refractivity contribution in [1.82, 2.24) is 4.31 Å². The van der Waals surface area contributed by atoms with Crippen LogP contribution < -0.4 is 5.46 Å². The van der Waals surface area contributed by atoms with Crippen LogP contribution in [-0.2, 0) is 16.6 Å². The van der Waals surface area contributed by atoms with Gasteiger partial charge in [-0.05, 0) is 29.6 Å². The van der Waals surface area contributed by atoms with Gasteiger partial charge in [-0.25, -0.2) is 8.42 Å². The fourth-order valence-corrected chi connectivity index (χ4v) is 3.88. The van der Waals surface area contributed by atoms with Crippen molar-refractivity contribution in [1.29, 1.82) is 0 Å². The molecule has 0 aromatic heterocycles. The van der Waals surface area contributed by atoms with Crippen molar-refractivity contribution in [2.24, 2.45) is 0 Å². The van der Waals surface area contributed by atoms with E-state index in [1.807, 2.05) is 37.3 Å². The summed E-state index contributed by atoms with van der Waals surface area (Å²) in [5.41, 5.74) is 1.06. The molecule has 2 rings (SSSR count). The Balaban J connectivity index is 2.35. The Labute approximate surface area is 137 Å². The molecule has 2 aromatic rings. The fraction of sp³-hybridized carbons (Fsp3) is 0.250. The molecule has 0 bridgehead atoms. The van der Waals surface area contributed by atoms with Gasteiger partial charge in [-0.1, -0.05) is 49.4 Å². The standard InChI is InChI=1S/C16H20BNO4S/c1-2-11-18(13-14-7-4-3-5-8-14)23(21,22)16-10-6-9-15(12-16)17(19)20/h3-10,12,19-20H,2,11,13H2,1H3. The van der Waals surface area contributed by atoms with E-state index >= 15 is 0 Å². The zero-order valence-electron chi connectivity index (χ0n) is 13.0. The van der Waals surface area contributed by atoms with Crippen molar-refractivity contribution in [3.63, 3.8) is 0 Å². The molecule has 7 heteroatoms. The average Bonchev–Trinajstić information content (AvgIpc) is 2.55. The molecule has 122 valence electrons. The van der Waals surface area contributed by atoms with E-state index < -0.39 is 17.1 Å². The summed E-state index contributed by atoms with van der Waals surface area (Å²) >= 11 is 0. The van der Waals surface area contributed by atoms with E-state index in [4.69, 9.17) is 0 Å². The molecular weight excluding hydrogens is 313 g/mol. The topological polar surface area (TPSA) is 77.8 Å². The molecule has 0 aliphatic carbocycles. The first-order chi connectivity index (χ1) is 10.9. The Hall–Kier alpha value is -1.67. The van der Waals surface area contributed by atoms with Crippen molar-refractivity contribution in [3.05, 3.63) is 60.2 Å². The number of sulfonamides is 1. The van der Waals surface area contributed by atoms with Crippen LogP contribution in [0.3, 0.4) is 0 Å². The second-order valence-corrected chi connectivity index (χ2v) is 7.21. The van der Waals surface area contributed by atoms with E-state index in [2.05, 4.69) is 0 Å². The Morgan fingerprint density at radius 2 is 1.74 bits per heavy atom. The van der Waals surface area contributed by atoms with Crippen molar-refractivity contribution >= 4 is 22.6 Å². The molecular formula is C16H20BNO4S. The van der Waals surface area contributed by atoms with Gasteiger partial charge in [-0.2, -0.15) is 4.31 Å². The van der Waals surface area contributed by atoms with Crippen molar-refractivity contribution < 1.29 is 18.5 Å². The monoisotopic (exact) mass is 333 g/mol. The molecule has 2 N–H and O–H groups in total. The van der Waals surface area contributed by atoms with Crippen LogP contribution >= 0.6 is 0 Å². The van der Waals surface area contributed by atoms with Gasteiger partial charge in [0.05, 0.1) is 4.90 Å². The molecule has 0 saturated heterocycles. The van der Waals surface area contributed by atoms with E-state index in [-0.39, 0.29) is 16.9 Å². The lowest BCUT2D eigenvalue weighted by atomic mass is 9.80. The number of nitrogens with zero attached hydrogens (tertiary/aromatic N) is 1. The molecule has 0 spiro atoms. The van der Waals surface area contributed by atoms with Crippen LogP contribution in [0.25, 0.3) is 0 Å². The Kier molecular flexibility index (Phi) is 5.95. The summed E-state index contributed by atoms with van der Waals surface area (Å²) in [6.07, 6.45) is 0.689. The molecule has 23 heavy (non-hydrogen) atoms. The van der Waals surface area contributed by atoms with Crippen LogP contribution in [0.1, 0.15) is 18.9 Å². The highest BCUT2D eigenvalue weighted by molar-refractivity contribution is 7.89. The molecule has 0 fully saturated rings. The predicted octanol–water partition coefficient (Wildman–Crippen LogP) is 0.967. The van der Waals surface area contributed by atoms with Crippen LogP contribution in [0.2, 0.25) is 0 Å². The van der Waals surface area contributed by atoms with Crippen LogP contribution in [0, 0.1) is 0 Å². The maximum Gasteiger partial charge on any atom is 0.488 e. The van der Waals surface area contributed by atoms with Gasteiger partial charge < -0.3 is 10.0 Å². The summed E-state index contributed by atoms with van der Waals surface area (Å²) in [4.78, 5) is 0.0625. The third-order valence-electron chi connectivity index (χ3n) is 3.47. The lowest BCUT2D eigenvalue weighted by Crippen LogP contribution is -2.34. The smallest absolute Gasteiger partial charge is 0.423 e. The second-order valence-electron chi connectivity index (χ2n) is 5.27. The number of hydrogen-bond donors (Lipinski definition) is 2. The van der Waals surface area contributed by atoms with Gasteiger partial charge in [-0.3, -0.25) is 0 Å². The second kappa shape index (κ2) is 7.74. The van der Waals surface area contributed by atoms with Crippen LogP contribution in [0.4, 0.5) is 0 Å². The lowest BCUT2D eigenvalue weighted by Gasteiger charge is -2.22. The van der Waals surface area contributed by atoms with Gasteiger partial charge in [0.25, 0.3) is 0 Å². The Morgan fingerprint density at radius 1 is 1.04 bits per heavy atom. The third-order valence-corrected chi connectivity index (χ3v) is 5.31. The fourth-order valence-electron chi connectivity index (χ4n) is 2.31. The Morgan fingerprint density at radius 3 is 2.35 bits per heavy atom. The Bertz CT molecular complexity index is 735. The summed E-state index contributed by atoms with van der Waals surface area (Å²) < 4.78 is 27.1. The highest BCUT2D eigenvalue weighted by Crippen LogP contribution is 2.18. The molecule has 0 aliphatic heterocycles. The minimum absolute atomic E-state index is 0.0625. The average molecular weight is 333 g/mol. The van der Waals surface area contributed by atoms with Gasteiger partial charge in [-0.15, -0.1) is 0 Å². The van der Waals surface area contributed by atoms with E-state index in [1.165, 1.54) is 28.6 Å². The minimum Gasteiger partial charge on any atom is -0.423 e. The first-order valence-electron chi connectivity index (χ1n) is 7.45. The third kappa shape index (κ3) is 4.42. The van der Waals surface area contributed by atoms with Crippen molar-refractivity contribution in [3.8, 4) is 0 Å². The molecule has 2 aromatic carbocycles. The van der Waals surface area contributed by atoms with E-state index in [1.54, 1.807) is 0 Å². The van der Waals surface area contributed by atoms with Gasteiger partial charge in [0, 0.05) is 13.1 Å². The van der Waals surface area contributed by atoms with Gasteiger partial charge in [0.2, 0.25) is 10.0 Å². The molecule has 0 amide bonds. The first kappa shape index (κ1) is 17.7. The highest BCUT2D eigenvalue weighted by Gasteiger charge is 2.25. The normalized spacial score (nSPS) is 11.7. The first-order valence-corrected chi connectivity index (χ1v) is 8.89. The molecule has 0 atom stereocenters. The van der Waals surface area contributed by atoms with E-state index in [0.717, 1.165) is 5.56 Å². The zero-order chi connectivity index (χ0) is 16.9. The molecule has 0 radical (unpaired) electrons. The molecule has 0 saturated carbocycles. The zero-order valence-corrected chi connectivity index (χ0v) is 13.8. The summed E-state index contributed by atoms with van der Waals surface area (Å²) in [6, 6.07) is 15.1. The SMILES string of the molecule is CCCN(Cc1ccccc1)S(=O)(=O)c1cccc(B(O)O)c1. The number of hydrogen-bond acceptors (Lipinski definition) is 4. The van der Waals surface area contributed by atoms with Gasteiger partial charge in [0.15, 0.2) is 0 Å². The summed E-state index contributed by atoms with van der Waals surface area (Å²) in [5.74, 6) is 0. The maximum atomic E-state index is 12.9.